The fraction of sp³-hybridized carbons (Fsp3) is 0. The van der Waals surface area contributed by atoms with Crippen LogP contribution >= 0.6 is 23.2 Å². The zero-order valence-electron chi connectivity index (χ0n) is 7.99. The van der Waals surface area contributed by atoms with Crippen LogP contribution in [0, 0.1) is 0 Å². The number of benzene rings is 1. The maximum absolute atomic E-state index is 10.9. The molecular weight excluding hydrogens is 335 g/mol. The molecule has 0 spiro atoms. The number of hydrogen-bond acceptors (Lipinski definition) is 6. The van der Waals surface area contributed by atoms with E-state index < -0.39 is 51.6 Å². The smallest absolute Gasteiger partial charge is 0.299 e. The van der Waals surface area contributed by atoms with Crippen LogP contribution in [0.4, 0.5) is 0 Å². The van der Waals surface area contributed by atoms with E-state index in [9.17, 15) is 27.0 Å². The van der Waals surface area contributed by atoms with Gasteiger partial charge in [-0.25, -0.2) is 0 Å². The van der Waals surface area contributed by atoms with E-state index >= 15 is 0 Å². The molecule has 0 amide bonds. The van der Waals surface area contributed by atoms with Gasteiger partial charge in [-0.15, -0.1) is 0 Å². The Kier molecular flexibility index (Phi) is 3.74. The van der Waals surface area contributed by atoms with Crippen molar-refractivity contribution in [2.75, 3.05) is 0 Å². The van der Waals surface area contributed by atoms with Crippen LogP contribution in [0.15, 0.2) is 9.79 Å². The van der Waals surface area contributed by atoms with Gasteiger partial charge in [-0.05, 0) is 0 Å². The van der Waals surface area contributed by atoms with Crippen molar-refractivity contribution in [3.63, 3.8) is 0 Å². The summed E-state index contributed by atoms with van der Waals surface area (Å²) in [7, 11) is -10.1. The van der Waals surface area contributed by atoms with Gasteiger partial charge in [0.25, 0.3) is 20.2 Å². The standard InChI is InChI=1S/C6H4Cl2O8S2/c7-1-3(9)6(18(14,15)16)2(8)4(10)5(1)17(11,12)13/h9-10H,(H,11,12,13)(H,14,15,16). The molecule has 1 aromatic carbocycles. The lowest BCUT2D eigenvalue weighted by Gasteiger charge is -2.11. The first kappa shape index (κ1) is 15.3. The van der Waals surface area contributed by atoms with Crippen LogP contribution in [0.2, 0.25) is 10.0 Å². The molecule has 0 saturated carbocycles. The first-order chi connectivity index (χ1) is 7.89. The minimum Gasteiger partial charge on any atom is -0.505 e. The summed E-state index contributed by atoms with van der Waals surface area (Å²) in [4.78, 5) is -2.75. The van der Waals surface area contributed by atoms with E-state index in [2.05, 4.69) is 0 Å². The van der Waals surface area contributed by atoms with Crippen LogP contribution in [0.5, 0.6) is 11.5 Å². The van der Waals surface area contributed by atoms with Crippen molar-refractivity contribution in [1.82, 2.24) is 0 Å². The summed E-state index contributed by atoms with van der Waals surface area (Å²) in [5.41, 5.74) is 0. The number of hydrogen-bond donors (Lipinski definition) is 4. The molecule has 8 nitrogen and oxygen atoms in total. The molecule has 0 aliphatic heterocycles. The summed E-state index contributed by atoms with van der Waals surface area (Å²) in [5.74, 6) is -2.84. The van der Waals surface area contributed by atoms with Crippen molar-refractivity contribution < 1.29 is 36.2 Å². The summed E-state index contributed by atoms with van der Waals surface area (Å²) in [6.07, 6.45) is 0. The molecule has 0 atom stereocenters. The van der Waals surface area contributed by atoms with E-state index in [1.54, 1.807) is 0 Å². The highest BCUT2D eigenvalue weighted by atomic mass is 35.5. The Morgan fingerprint density at radius 1 is 0.722 bits per heavy atom. The Balaban J connectivity index is 4.03. The predicted molar refractivity (Wildman–Crippen MR) is 59.4 cm³/mol. The number of phenolic OH excluding ortho intramolecular Hbond substituents is 2. The SMILES string of the molecule is O=S(=O)(O)c1c(O)c(Cl)c(S(=O)(=O)O)c(O)c1Cl. The van der Waals surface area contributed by atoms with Gasteiger partial charge in [0, 0.05) is 0 Å². The minimum absolute atomic E-state index is 1.20. The molecular formula is C6H4Cl2O8S2. The summed E-state index contributed by atoms with van der Waals surface area (Å²) in [5, 5.41) is 16.3. The Morgan fingerprint density at radius 3 is 1.11 bits per heavy atom. The van der Waals surface area contributed by atoms with Crippen molar-refractivity contribution in [3.8, 4) is 11.5 Å². The molecule has 4 N–H and O–H groups in total. The predicted octanol–water partition coefficient (Wildman–Crippen LogP) is 0.898. The molecule has 0 bridgehead atoms. The molecule has 102 valence electrons. The highest BCUT2D eigenvalue weighted by molar-refractivity contribution is 7.86. The molecule has 0 aliphatic carbocycles. The number of rotatable bonds is 2. The van der Waals surface area contributed by atoms with E-state index in [-0.39, 0.29) is 0 Å². The highest BCUT2D eigenvalue weighted by Crippen LogP contribution is 2.47. The van der Waals surface area contributed by atoms with E-state index in [4.69, 9.17) is 32.3 Å². The van der Waals surface area contributed by atoms with E-state index in [0.717, 1.165) is 0 Å². The zero-order valence-corrected chi connectivity index (χ0v) is 11.1. The lowest BCUT2D eigenvalue weighted by Crippen LogP contribution is -2.05. The van der Waals surface area contributed by atoms with Gasteiger partial charge in [0.05, 0.1) is 0 Å². The third-order valence-electron chi connectivity index (χ3n) is 1.76. The van der Waals surface area contributed by atoms with Gasteiger partial charge in [-0.1, -0.05) is 23.2 Å². The second-order valence-corrected chi connectivity index (χ2v) is 6.41. The molecule has 0 saturated heterocycles. The number of halogens is 2. The molecule has 0 unspecified atom stereocenters. The van der Waals surface area contributed by atoms with Crippen LogP contribution < -0.4 is 0 Å². The minimum atomic E-state index is -5.07. The maximum Gasteiger partial charge on any atom is 0.299 e. The third kappa shape index (κ3) is 2.48. The topological polar surface area (TPSA) is 149 Å². The summed E-state index contributed by atoms with van der Waals surface area (Å²) >= 11 is 10.6. The summed E-state index contributed by atoms with van der Waals surface area (Å²) in [6.45, 7) is 0. The van der Waals surface area contributed by atoms with E-state index in [0.29, 0.717) is 0 Å². The van der Waals surface area contributed by atoms with Gasteiger partial charge in [-0.3, -0.25) is 9.11 Å². The van der Waals surface area contributed by atoms with Gasteiger partial charge in [0.2, 0.25) is 0 Å². The molecule has 0 fully saturated rings. The fourth-order valence-corrected chi connectivity index (χ4v) is 3.50. The van der Waals surface area contributed by atoms with Crippen LogP contribution in [0.25, 0.3) is 0 Å². The lowest BCUT2D eigenvalue weighted by molar-refractivity contribution is 0.417. The normalized spacial score (nSPS) is 12.7. The Bertz CT molecular complexity index is 628. The van der Waals surface area contributed by atoms with Gasteiger partial charge in [0.15, 0.2) is 21.3 Å². The zero-order chi connectivity index (χ0) is 14.5. The van der Waals surface area contributed by atoms with Crippen LogP contribution in [0.1, 0.15) is 0 Å². The van der Waals surface area contributed by atoms with E-state index in [1.807, 2.05) is 0 Å². The highest BCUT2D eigenvalue weighted by Gasteiger charge is 2.33. The van der Waals surface area contributed by atoms with Gasteiger partial charge in [0.1, 0.15) is 10.0 Å². The lowest BCUT2D eigenvalue weighted by atomic mass is 10.3. The third-order valence-corrected chi connectivity index (χ3v) is 4.55. The number of phenols is 2. The van der Waals surface area contributed by atoms with Gasteiger partial charge in [-0.2, -0.15) is 16.8 Å². The number of aromatic hydroxyl groups is 2. The van der Waals surface area contributed by atoms with Crippen molar-refractivity contribution in [1.29, 1.82) is 0 Å². The van der Waals surface area contributed by atoms with Gasteiger partial charge < -0.3 is 10.2 Å². The second-order valence-electron chi connectivity index (χ2n) is 2.93. The van der Waals surface area contributed by atoms with Crippen molar-refractivity contribution in [2.45, 2.75) is 9.79 Å². The molecule has 0 heterocycles. The fourth-order valence-electron chi connectivity index (χ4n) is 1.09. The monoisotopic (exact) mass is 338 g/mol. The van der Waals surface area contributed by atoms with Crippen LogP contribution in [0.3, 0.4) is 0 Å². The Hall–Kier alpha value is -0.780. The van der Waals surface area contributed by atoms with Gasteiger partial charge >= 0.3 is 0 Å². The summed E-state index contributed by atoms with van der Waals surface area (Å²) in [6, 6.07) is 0. The molecule has 0 aliphatic rings. The molecule has 1 rings (SSSR count). The molecule has 18 heavy (non-hydrogen) atoms. The van der Waals surface area contributed by atoms with Crippen molar-refractivity contribution >= 4 is 43.4 Å². The average Bonchev–Trinajstić information content (AvgIpc) is 2.10. The largest absolute Gasteiger partial charge is 0.505 e. The first-order valence-corrected chi connectivity index (χ1v) is 7.40. The van der Waals surface area contributed by atoms with Crippen molar-refractivity contribution in [2.24, 2.45) is 0 Å². The Morgan fingerprint density at radius 2 is 0.944 bits per heavy atom. The van der Waals surface area contributed by atoms with Crippen LogP contribution in [-0.2, 0) is 20.2 Å². The Labute approximate surface area is 111 Å². The summed E-state index contributed by atoms with van der Waals surface area (Å²) < 4.78 is 61.0. The molecule has 0 aromatic heterocycles. The second kappa shape index (κ2) is 4.40. The van der Waals surface area contributed by atoms with Crippen LogP contribution in [-0.4, -0.2) is 36.2 Å². The molecule has 12 heteroatoms. The first-order valence-electron chi connectivity index (χ1n) is 3.77. The average molecular weight is 339 g/mol. The quantitative estimate of drug-likeness (QED) is 0.458. The van der Waals surface area contributed by atoms with E-state index in [1.165, 1.54) is 0 Å². The van der Waals surface area contributed by atoms with Crippen molar-refractivity contribution in [3.05, 3.63) is 10.0 Å². The maximum atomic E-state index is 10.9. The molecule has 1 aromatic rings. The molecule has 0 radical (unpaired) electrons.